The van der Waals surface area contributed by atoms with Crippen LogP contribution in [0.2, 0.25) is 0 Å². The molecule has 1 aliphatic rings. The Labute approximate surface area is 122 Å². The minimum absolute atomic E-state index is 0.217. The summed E-state index contributed by atoms with van der Waals surface area (Å²) < 4.78 is 5.65. The summed E-state index contributed by atoms with van der Waals surface area (Å²) in [6, 6.07) is 8.77. The molecule has 0 atom stereocenters. The number of hydrogen-bond acceptors (Lipinski definition) is 3. The lowest BCUT2D eigenvalue weighted by Gasteiger charge is -2.31. The molecule has 20 heavy (non-hydrogen) atoms. The molecule has 0 radical (unpaired) electrons. The Hall–Kier alpha value is -1.66. The van der Waals surface area contributed by atoms with Crippen LogP contribution in [0.5, 0.6) is 5.75 Å². The molecular weight excluding hydrogens is 248 g/mol. The summed E-state index contributed by atoms with van der Waals surface area (Å²) in [5, 5.41) is 3.59. The fourth-order valence-corrected chi connectivity index (χ4v) is 2.50. The molecular formula is C17H24N2O. The zero-order valence-electron chi connectivity index (χ0n) is 12.4. The van der Waals surface area contributed by atoms with Gasteiger partial charge < -0.3 is 10.1 Å². The average molecular weight is 272 g/mol. The third-order valence-electron chi connectivity index (χ3n) is 3.50. The molecule has 0 aromatic heterocycles. The van der Waals surface area contributed by atoms with Gasteiger partial charge in [0.2, 0.25) is 0 Å². The first-order valence-corrected chi connectivity index (χ1v) is 7.36. The van der Waals surface area contributed by atoms with Gasteiger partial charge in [-0.05, 0) is 51.0 Å². The Morgan fingerprint density at radius 2 is 1.95 bits per heavy atom. The van der Waals surface area contributed by atoms with E-state index >= 15 is 0 Å². The highest BCUT2D eigenvalue weighted by atomic mass is 16.5. The maximum absolute atomic E-state index is 5.65. The van der Waals surface area contributed by atoms with Crippen LogP contribution < -0.4 is 10.1 Å². The second-order valence-electron chi connectivity index (χ2n) is 5.59. The van der Waals surface area contributed by atoms with Gasteiger partial charge >= 0.3 is 0 Å². The van der Waals surface area contributed by atoms with E-state index in [1.165, 1.54) is 0 Å². The topological polar surface area (TPSA) is 24.5 Å². The van der Waals surface area contributed by atoms with Crippen LogP contribution in [0.4, 0.5) is 5.69 Å². The van der Waals surface area contributed by atoms with Gasteiger partial charge in [-0.25, -0.2) is 0 Å². The third kappa shape index (κ3) is 4.47. The molecule has 2 rings (SSSR count). The van der Waals surface area contributed by atoms with Gasteiger partial charge in [-0.2, -0.15) is 0 Å². The minimum atomic E-state index is 0.217. The number of ether oxygens (including phenoxy) is 1. The van der Waals surface area contributed by atoms with Crippen molar-refractivity contribution >= 4 is 5.69 Å². The average Bonchev–Trinajstić information content (AvgIpc) is 2.43. The fraction of sp³-hybridized carbons (Fsp3) is 0.529. The van der Waals surface area contributed by atoms with E-state index in [2.05, 4.69) is 28.3 Å². The number of terminal acetylenes is 1. The van der Waals surface area contributed by atoms with Crippen LogP contribution >= 0.6 is 0 Å². The smallest absolute Gasteiger partial charge is 0.119 e. The molecule has 1 aromatic carbocycles. The summed E-state index contributed by atoms with van der Waals surface area (Å²) in [7, 11) is 0. The Bertz CT molecular complexity index is 439. The molecule has 0 aliphatic carbocycles. The van der Waals surface area contributed by atoms with Crippen LogP contribution in [-0.4, -0.2) is 36.7 Å². The highest BCUT2D eigenvalue weighted by Crippen LogP contribution is 2.20. The Kier molecular flexibility index (Phi) is 5.31. The zero-order valence-corrected chi connectivity index (χ0v) is 12.4. The second kappa shape index (κ2) is 7.21. The van der Waals surface area contributed by atoms with Crippen LogP contribution in [0.1, 0.15) is 26.7 Å². The van der Waals surface area contributed by atoms with E-state index in [0.29, 0.717) is 6.04 Å². The Balaban J connectivity index is 1.81. The largest absolute Gasteiger partial charge is 0.491 e. The molecule has 1 fully saturated rings. The van der Waals surface area contributed by atoms with Gasteiger partial charge in [-0.15, -0.1) is 6.42 Å². The number of likely N-dealkylation sites (tertiary alicyclic amines) is 1. The van der Waals surface area contributed by atoms with Crippen molar-refractivity contribution in [2.45, 2.75) is 38.8 Å². The molecule has 0 spiro atoms. The summed E-state index contributed by atoms with van der Waals surface area (Å²) in [6.07, 6.45) is 7.85. The standard InChI is InChI=1S/C17H24N2O/c1-4-11-19-12-9-16(10-13-19)18-15-5-7-17(8-6-15)20-14(2)3/h1,5-8,14,16,18H,9-13H2,2-3H3. The van der Waals surface area contributed by atoms with E-state index in [1.807, 2.05) is 26.0 Å². The Morgan fingerprint density at radius 3 is 2.50 bits per heavy atom. The maximum Gasteiger partial charge on any atom is 0.119 e. The molecule has 0 amide bonds. The lowest BCUT2D eigenvalue weighted by Crippen LogP contribution is -2.39. The van der Waals surface area contributed by atoms with Gasteiger partial charge in [0.15, 0.2) is 0 Å². The number of nitrogens with zero attached hydrogens (tertiary/aromatic N) is 1. The maximum atomic E-state index is 5.65. The molecule has 1 aromatic rings. The van der Waals surface area contributed by atoms with Crippen LogP contribution in [0.15, 0.2) is 24.3 Å². The first-order valence-electron chi connectivity index (χ1n) is 7.36. The third-order valence-corrected chi connectivity index (χ3v) is 3.50. The molecule has 1 saturated heterocycles. The Morgan fingerprint density at radius 1 is 1.30 bits per heavy atom. The van der Waals surface area contributed by atoms with E-state index in [4.69, 9.17) is 11.2 Å². The summed E-state index contributed by atoms with van der Waals surface area (Å²) in [5.74, 6) is 3.64. The SMILES string of the molecule is C#CCN1CCC(Nc2ccc(OC(C)C)cc2)CC1. The minimum Gasteiger partial charge on any atom is -0.491 e. The van der Waals surface area contributed by atoms with E-state index in [-0.39, 0.29) is 6.10 Å². The molecule has 0 bridgehead atoms. The van der Waals surface area contributed by atoms with Crippen molar-refractivity contribution in [1.82, 2.24) is 4.90 Å². The predicted octanol–water partition coefficient (Wildman–Crippen LogP) is 2.98. The summed E-state index contributed by atoms with van der Waals surface area (Å²) >= 11 is 0. The van der Waals surface area contributed by atoms with Gasteiger partial charge in [0.1, 0.15) is 5.75 Å². The number of benzene rings is 1. The molecule has 3 heteroatoms. The van der Waals surface area contributed by atoms with Crippen LogP contribution in [0.25, 0.3) is 0 Å². The molecule has 1 heterocycles. The van der Waals surface area contributed by atoms with Crippen LogP contribution in [-0.2, 0) is 0 Å². The van der Waals surface area contributed by atoms with Crippen molar-refractivity contribution in [1.29, 1.82) is 0 Å². The number of anilines is 1. The van der Waals surface area contributed by atoms with Crippen molar-refractivity contribution < 1.29 is 4.74 Å². The lowest BCUT2D eigenvalue weighted by atomic mass is 10.0. The highest BCUT2D eigenvalue weighted by Gasteiger charge is 2.18. The van der Waals surface area contributed by atoms with Crippen molar-refractivity contribution in [2.75, 3.05) is 25.0 Å². The normalized spacial score (nSPS) is 16.9. The van der Waals surface area contributed by atoms with Gasteiger partial charge in [0, 0.05) is 24.8 Å². The van der Waals surface area contributed by atoms with E-state index in [0.717, 1.165) is 43.9 Å². The van der Waals surface area contributed by atoms with Crippen molar-refractivity contribution in [3.63, 3.8) is 0 Å². The summed E-state index contributed by atoms with van der Waals surface area (Å²) in [4.78, 5) is 2.33. The number of nitrogens with one attached hydrogen (secondary N) is 1. The molecule has 3 nitrogen and oxygen atoms in total. The molecule has 1 aliphatic heterocycles. The van der Waals surface area contributed by atoms with Crippen LogP contribution in [0, 0.1) is 12.3 Å². The van der Waals surface area contributed by atoms with Crippen molar-refractivity contribution in [2.24, 2.45) is 0 Å². The molecule has 108 valence electrons. The quantitative estimate of drug-likeness (QED) is 0.834. The molecule has 1 N–H and O–H groups in total. The monoisotopic (exact) mass is 272 g/mol. The van der Waals surface area contributed by atoms with E-state index in [9.17, 15) is 0 Å². The van der Waals surface area contributed by atoms with Crippen LogP contribution in [0.3, 0.4) is 0 Å². The van der Waals surface area contributed by atoms with Gasteiger partial charge in [0.25, 0.3) is 0 Å². The molecule has 0 saturated carbocycles. The van der Waals surface area contributed by atoms with Gasteiger partial charge in [0.05, 0.1) is 12.6 Å². The first-order chi connectivity index (χ1) is 9.67. The van der Waals surface area contributed by atoms with Crippen molar-refractivity contribution in [3.8, 4) is 18.1 Å². The summed E-state index contributed by atoms with van der Waals surface area (Å²) in [5.41, 5.74) is 1.16. The van der Waals surface area contributed by atoms with Gasteiger partial charge in [-0.3, -0.25) is 4.90 Å². The fourth-order valence-electron chi connectivity index (χ4n) is 2.50. The molecule has 0 unspecified atom stereocenters. The van der Waals surface area contributed by atoms with Crippen molar-refractivity contribution in [3.05, 3.63) is 24.3 Å². The van der Waals surface area contributed by atoms with E-state index in [1.54, 1.807) is 0 Å². The van der Waals surface area contributed by atoms with Gasteiger partial charge in [-0.1, -0.05) is 5.92 Å². The van der Waals surface area contributed by atoms with E-state index < -0.39 is 0 Å². The number of rotatable bonds is 5. The second-order valence-corrected chi connectivity index (χ2v) is 5.59. The lowest BCUT2D eigenvalue weighted by molar-refractivity contribution is 0.242. The zero-order chi connectivity index (χ0) is 14.4. The first kappa shape index (κ1) is 14.7. The number of hydrogen-bond donors (Lipinski definition) is 1. The predicted molar refractivity (Wildman–Crippen MR) is 84.1 cm³/mol. The highest BCUT2D eigenvalue weighted by molar-refractivity contribution is 5.47. The summed E-state index contributed by atoms with van der Waals surface area (Å²) in [6.45, 7) is 7.01. The number of piperidine rings is 1.